The molecule has 0 spiro atoms. The van der Waals surface area contributed by atoms with E-state index in [4.69, 9.17) is 4.99 Å². The summed E-state index contributed by atoms with van der Waals surface area (Å²) in [5.41, 5.74) is 6.94. The number of aryl methyl sites for hydroxylation is 2. The fraction of sp³-hybridized carbons (Fsp3) is 0.370. The highest BCUT2D eigenvalue weighted by Gasteiger charge is 2.38. The molecule has 3 heteroatoms. The third-order valence-electron chi connectivity index (χ3n) is 6.56. The first-order valence-electron chi connectivity index (χ1n) is 11.1. The molecule has 1 saturated carbocycles. The van der Waals surface area contributed by atoms with Gasteiger partial charge in [-0.25, -0.2) is 0 Å². The van der Waals surface area contributed by atoms with E-state index in [0.29, 0.717) is 0 Å². The smallest absolute Gasteiger partial charge is 0.158 e. The van der Waals surface area contributed by atoms with Gasteiger partial charge in [-0.2, -0.15) is 0 Å². The van der Waals surface area contributed by atoms with E-state index in [-0.39, 0.29) is 12.1 Å². The van der Waals surface area contributed by atoms with Crippen molar-refractivity contribution in [2.24, 2.45) is 16.8 Å². The number of nitrogens with zero attached hydrogens (tertiary/aromatic N) is 1. The van der Waals surface area contributed by atoms with Crippen molar-refractivity contribution in [3.8, 4) is 0 Å². The molecule has 154 valence electrons. The van der Waals surface area contributed by atoms with Gasteiger partial charge in [-0.1, -0.05) is 84.1 Å². The predicted molar refractivity (Wildman–Crippen MR) is 129 cm³/mol. The lowest BCUT2D eigenvalue weighted by Gasteiger charge is -2.23. The molecule has 1 heterocycles. The number of thioether (sulfide) groups is 1. The van der Waals surface area contributed by atoms with Crippen LogP contribution in [0, 0.1) is 25.7 Å². The molecule has 2 aromatic rings. The van der Waals surface area contributed by atoms with Gasteiger partial charge in [-0.15, -0.1) is 0 Å². The molecule has 0 bridgehead atoms. The number of allylic oxidation sites excluding steroid dienone is 3. The van der Waals surface area contributed by atoms with Gasteiger partial charge in [-0.3, -0.25) is 4.99 Å². The second kappa shape index (κ2) is 8.47. The lowest BCUT2D eigenvalue weighted by atomic mass is 9.90. The number of amidine groups is 1. The summed E-state index contributed by atoms with van der Waals surface area (Å²) >= 11 is 1.84. The zero-order valence-corrected chi connectivity index (χ0v) is 18.7. The van der Waals surface area contributed by atoms with E-state index in [1.54, 1.807) is 5.57 Å². The maximum Gasteiger partial charge on any atom is 0.158 e. The van der Waals surface area contributed by atoms with Crippen LogP contribution in [0.2, 0.25) is 0 Å². The van der Waals surface area contributed by atoms with Crippen molar-refractivity contribution in [3.05, 3.63) is 94.6 Å². The first-order valence-corrected chi connectivity index (χ1v) is 12.1. The minimum Gasteiger partial charge on any atom is -0.356 e. The first kappa shape index (κ1) is 19.7. The van der Waals surface area contributed by atoms with Crippen LogP contribution < -0.4 is 5.32 Å². The second-order valence-corrected chi connectivity index (χ2v) is 9.87. The summed E-state index contributed by atoms with van der Waals surface area (Å²) in [5, 5.41) is 4.90. The van der Waals surface area contributed by atoms with Crippen molar-refractivity contribution in [1.29, 1.82) is 0 Å². The number of hydrogen-bond donors (Lipinski definition) is 1. The molecule has 0 radical (unpaired) electrons. The molecule has 2 unspecified atom stereocenters. The Balaban J connectivity index is 1.37. The van der Waals surface area contributed by atoms with E-state index >= 15 is 0 Å². The standard InChI is InChI=1S/C27H30N2S/c1-18-12-13-23(19(2)14-18)17-30-27-28-25(20-8-4-3-5-9-20)26(29-27)22-11-7-6-10-21-15-24(21)16-22/h3-6,8-10,12-14,16,21,24-26H,7,11,15,17H2,1-2H3,(H,28,29)/b10-6-,22-16+/t21?,24?,25-,26+/m1/s1. The van der Waals surface area contributed by atoms with E-state index in [2.05, 4.69) is 85.9 Å². The largest absolute Gasteiger partial charge is 0.356 e. The third-order valence-corrected chi connectivity index (χ3v) is 7.51. The maximum absolute atomic E-state index is 5.18. The highest BCUT2D eigenvalue weighted by Crippen LogP contribution is 2.45. The van der Waals surface area contributed by atoms with Crippen LogP contribution in [-0.2, 0) is 5.75 Å². The van der Waals surface area contributed by atoms with Crippen LogP contribution in [0.25, 0.3) is 0 Å². The molecule has 2 aliphatic carbocycles. The molecule has 2 aromatic carbocycles. The summed E-state index contributed by atoms with van der Waals surface area (Å²) in [6.45, 7) is 4.37. The Labute approximate surface area is 184 Å². The molecule has 0 aromatic heterocycles. The van der Waals surface area contributed by atoms with Crippen LogP contribution in [0.4, 0.5) is 0 Å². The number of hydrogen-bond acceptors (Lipinski definition) is 3. The van der Waals surface area contributed by atoms with Crippen molar-refractivity contribution in [3.63, 3.8) is 0 Å². The lowest BCUT2D eigenvalue weighted by molar-refractivity contribution is 0.585. The molecule has 30 heavy (non-hydrogen) atoms. The van der Waals surface area contributed by atoms with Crippen molar-refractivity contribution in [2.75, 3.05) is 0 Å². The minimum atomic E-state index is 0.166. The Hall–Kier alpha value is -2.26. The summed E-state index contributed by atoms with van der Waals surface area (Å²) in [6.07, 6.45) is 11.0. The number of aliphatic imine (C=N–C) groups is 1. The number of fused-ring (bicyclic) bond motifs is 1. The fourth-order valence-electron chi connectivity index (χ4n) is 4.68. The zero-order chi connectivity index (χ0) is 20.5. The summed E-state index contributed by atoms with van der Waals surface area (Å²) in [6, 6.07) is 18.0. The predicted octanol–water partition coefficient (Wildman–Crippen LogP) is 6.52. The van der Waals surface area contributed by atoms with Gasteiger partial charge in [0.25, 0.3) is 0 Å². The van der Waals surface area contributed by atoms with Crippen LogP contribution in [0.1, 0.15) is 47.6 Å². The average molecular weight is 415 g/mol. The number of benzene rings is 2. The van der Waals surface area contributed by atoms with Crippen molar-refractivity contribution < 1.29 is 0 Å². The van der Waals surface area contributed by atoms with Crippen molar-refractivity contribution in [2.45, 2.75) is 50.9 Å². The number of nitrogens with one attached hydrogen (secondary N) is 1. The Morgan fingerprint density at radius 3 is 2.77 bits per heavy atom. The maximum atomic E-state index is 5.18. The van der Waals surface area contributed by atoms with E-state index < -0.39 is 0 Å². The normalized spacial score (nSPS) is 30.2. The minimum absolute atomic E-state index is 0.166. The molecule has 3 aliphatic rings. The molecular formula is C27H30N2S. The highest BCUT2D eigenvalue weighted by molar-refractivity contribution is 8.13. The van der Waals surface area contributed by atoms with Crippen molar-refractivity contribution >= 4 is 16.9 Å². The molecular weight excluding hydrogens is 384 g/mol. The molecule has 1 N–H and O–H groups in total. The van der Waals surface area contributed by atoms with Gasteiger partial charge in [0.2, 0.25) is 0 Å². The average Bonchev–Trinajstić information content (AvgIpc) is 3.30. The summed E-state index contributed by atoms with van der Waals surface area (Å²) in [5.74, 6) is 2.47. The van der Waals surface area contributed by atoms with Gasteiger partial charge in [0, 0.05) is 5.75 Å². The van der Waals surface area contributed by atoms with Crippen LogP contribution >= 0.6 is 11.8 Å². The first-order chi connectivity index (χ1) is 14.7. The second-order valence-electron chi connectivity index (χ2n) is 8.90. The fourth-order valence-corrected chi connectivity index (χ4v) is 5.70. The lowest BCUT2D eigenvalue weighted by Crippen LogP contribution is -2.32. The molecule has 2 nitrogen and oxygen atoms in total. The van der Waals surface area contributed by atoms with E-state index in [1.807, 2.05) is 11.8 Å². The highest BCUT2D eigenvalue weighted by atomic mass is 32.2. The molecule has 1 fully saturated rings. The van der Waals surface area contributed by atoms with Crippen molar-refractivity contribution in [1.82, 2.24) is 5.32 Å². The van der Waals surface area contributed by atoms with E-state index in [0.717, 1.165) is 35.6 Å². The number of rotatable bonds is 4. The SMILES string of the molecule is Cc1ccc(CSC2=N[C@H](c3ccccc3)[C@H](/C3=C/C4CC4/C=C\CC3)N2)c(C)c1. The van der Waals surface area contributed by atoms with Crippen LogP contribution in [0.3, 0.4) is 0 Å². The topological polar surface area (TPSA) is 24.4 Å². The molecule has 4 atom stereocenters. The van der Waals surface area contributed by atoms with Gasteiger partial charge < -0.3 is 5.32 Å². The molecule has 0 amide bonds. The third kappa shape index (κ3) is 4.27. The summed E-state index contributed by atoms with van der Waals surface area (Å²) in [4.78, 5) is 5.18. The zero-order valence-electron chi connectivity index (χ0n) is 17.8. The molecule has 0 saturated heterocycles. The summed E-state index contributed by atoms with van der Waals surface area (Å²) in [7, 11) is 0. The van der Waals surface area contributed by atoms with Gasteiger partial charge in [0.1, 0.15) is 6.04 Å². The van der Waals surface area contributed by atoms with Crippen LogP contribution in [0.5, 0.6) is 0 Å². The molecule has 5 rings (SSSR count). The molecule has 1 aliphatic heterocycles. The van der Waals surface area contributed by atoms with E-state index in [1.165, 1.54) is 28.7 Å². The van der Waals surface area contributed by atoms with Crippen LogP contribution in [0.15, 0.2) is 77.3 Å². The Morgan fingerprint density at radius 2 is 1.93 bits per heavy atom. The quantitative estimate of drug-likeness (QED) is 0.576. The Morgan fingerprint density at radius 1 is 1.07 bits per heavy atom. The van der Waals surface area contributed by atoms with Gasteiger partial charge >= 0.3 is 0 Å². The summed E-state index contributed by atoms with van der Waals surface area (Å²) < 4.78 is 0. The Bertz CT molecular complexity index is 1000. The Kier molecular flexibility index (Phi) is 5.56. The van der Waals surface area contributed by atoms with E-state index in [9.17, 15) is 0 Å². The van der Waals surface area contributed by atoms with Crippen LogP contribution in [-0.4, -0.2) is 11.2 Å². The monoisotopic (exact) mass is 414 g/mol. The van der Waals surface area contributed by atoms with Gasteiger partial charge in [0.05, 0.1) is 6.04 Å². The van der Waals surface area contributed by atoms with Gasteiger partial charge in [-0.05, 0) is 67.2 Å². The van der Waals surface area contributed by atoms with Gasteiger partial charge in [0.15, 0.2) is 5.17 Å².